The van der Waals surface area contributed by atoms with Gasteiger partial charge in [0.15, 0.2) is 0 Å². The molecule has 1 saturated heterocycles. The van der Waals surface area contributed by atoms with E-state index in [1.165, 1.54) is 0 Å². The first-order chi connectivity index (χ1) is 11.8. The maximum Gasteiger partial charge on any atom is 0.325 e. The summed E-state index contributed by atoms with van der Waals surface area (Å²) in [6.07, 6.45) is 2.38. The Morgan fingerprint density at radius 3 is 2.20 bits per heavy atom. The topological polar surface area (TPSA) is 78.5 Å². The van der Waals surface area contributed by atoms with Gasteiger partial charge in [0.05, 0.1) is 0 Å². The lowest BCUT2D eigenvalue weighted by atomic mass is 9.88. The van der Waals surface area contributed by atoms with Crippen molar-refractivity contribution in [2.24, 2.45) is 0 Å². The number of benzene rings is 1. The van der Waals surface area contributed by atoms with Crippen molar-refractivity contribution < 1.29 is 23.2 Å². The lowest BCUT2D eigenvalue weighted by Gasteiger charge is -2.25. The highest BCUT2D eigenvalue weighted by Crippen LogP contribution is 2.28. The molecule has 0 aromatic heterocycles. The summed E-state index contributed by atoms with van der Waals surface area (Å²) in [5.74, 6) is -2.83. The van der Waals surface area contributed by atoms with Crippen LogP contribution in [-0.2, 0) is 9.59 Å². The van der Waals surface area contributed by atoms with Gasteiger partial charge in [-0.05, 0) is 25.0 Å². The molecular weight excluding hydrogens is 332 g/mol. The lowest BCUT2D eigenvalue weighted by Crippen LogP contribution is -2.47. The van der Waals surface area contributed by atoms with Crippen LogP contribution in [0.15, 0.2) is 18.2 Å². The van der Waals surface area contributed by atoms with Crippen molar-refractivity contribution in [2.75, 3.05) is 11.9 Å². The number of imide groups is 1. The summed E-state index contributed by atoms with van der Waals surface area (Å²) in [5.41, 5.74) is -1.06. The van der Waals surface area contributed by atoms with Gasteiger partial charge in [0.25, 0.3) is 5.91 Å². The van der Waals surface area contributed by atoms with Crippen LogP contribution >= 0.6 is 0 Å². The van der Waals surface area contributed by atoms with E-state index in [1.54, 1.807) is 0 Å². The first-order valence-corrected chi connectivity index (χ1v) is 8.21. The zero-order valence-electron chi connectivity index (χ0n) is 14.2. The number of anilines is 1. The second-order valence-corrected chi connectivity index (χ2v) is 6.11. The number of halogens is 2. The molecule has 0 unspecified atom stereocenters. The summed E-state index contributed by atoms with van der Waals surface area (Å²) in [6.45, 7) is 3.30. The van der Waals surface area contributed by atoms with E-state index in [4.69, 9.17) is 0 Å². The van der Waals surface area contributed by atoms with Crippen LogP contribution in [0.4, 0.5) is 19.3 Å². The van der Waals surface area contributed by atoms with Crippen molar-refractivity contribution in [3.63, 3.8) is 0 Å². The number of hydrogen-bond donors (Lipinski definition) is 2. The minimum atomic E-state index is -0.980. The van der Waals surface area contributed by atoms with Gasteiger partial charge < -0.3 is 10.6 Å². The normalized spacial score (nSPS) is 16.1. The number of nitrogens with zero attached hydrogens (tertiary/aromatic N) is 1. The molecule has 6 nitrogen and oxygen atoms in total. The third-order valence-corrected chi connectivity index (χ3v) is 4.05. The molecule has 1 fully saturated rings. The van der Waals surface area contributed by atoms with Gasteiger partial charge in [-0.25, -0.2) is 13.6 Å². The van der Waals surface area contributed by atoms with Crippen LogP contribution in [0.2, 0.25) is 0 Å². The predicted molar refractivity (Wildman–Crippen MR) is 87.8 cm³/mol. The maximum absolute atomic E-state index is 13.2. The minimum Gasteiger partial charge on any atom is -0.324 e. The van der Waals surface area contributed by atoms with Gasteiger partial charge >= 0.3 is 6.03 Å². The van der Waals surface area contributed by atoms with E-state index in [1.807, 2.05) is 13.8 Å². The third kappa shape index (κ3) is 4.12. The van der Waals surface area contributed by atoms with Crippen LogP contribution < -0.4 is 10.6 Å². The Kier molecular flexibility index (Phi) is 5.71. The Morgan fingerprint density at radius 1 is 1.12 bits per heavy atom. The number of amides is 4. The van der Waals surface area contributed by atoms with Gasteiger partial charge in [-0.1, -0.05) is 26.7 Å². The van der Waals surface area contributed by atoms with E-state index >= 15 is 0 Å². The van der Waals surface area contributed by atoms with Crippen molar-refractivity contribution in [3.05, 3.63) is 29.8 Å². The van der Waals surface area contributed by atoms with Gasteiger partial charge in [0.1, 0.15) is 23.7 Å². The van der Waals surface area contributed by atoms with Gasteiger partial charge in [-0.15, -0.1) is 0 Å². The zero-order chi connectivity index (χ0) is 18.6. The molecule has 25 heavy (non-hydrogen) atoms. The van der Waals surface area contributed by atoms with Gasteiger partial charge in [0, 0.05) is 11.8 Å². The molecule has 2 N–H and O–H groups in total. The summed E-state index contributed by atoms with van der Waals surface area (Å²) >= 11 is 0. The number of rotatable bonds is 7. The average Bonchev–Trinajstić information content (AvgIpc) is 2.71. The van der Waals surface area contributed by atoms with E-state index in [2.05, 4.69) is 10.6 Å². The molecule has 1 heterocycles. The standard InChI is InChI=1S/C17H21F2N3O3/c1-3-5-17(6-4-2)15(24)22(16(25)21-17)10-14(23)20-13-8-11(18)7-12(19)9-13/h7-9H,3-6,10H2,1-2H3,(H,20,23)(H,21,25). The van der Waals surface area contributed by atoms with Crippen LogP contribution in [0, 0.1) is 11.6 Å². The summed E-state index contributed by atoms with van der Waals surface area (Å²) in [4.78, 5) is 37.7. The number of carbonyl (C=O) groups excluding carboxylic acids is 3. The molecular formula is C17H21F2N3O3. The van der Waals surface area contributed by atoms with E-state index in [0.717, 1.165) is 17.0 Å². The Bertz CT molecular complexity index is 667. The first kappa shape index (κ1) is 18.8. The molecule has 1 aliphatic rings. The fraction of sp³-hybridized carbons (Fsp3) is 0.471. The number of carbonyl (C=O) groups is 3. The van der Waals surface area contributed by atoms with Crippen molar-refractivity contribution >= 4 is 23.5 Å². The number of urea groups is 1. The van der Waals surface area contributed by atoms with E-state index < -0.39 is 41.6 Å². The highest BCUT2D eigenvalue weighted by molar-refractivity contribution is 6.10. The molecule has 0 spiro atoms. The molecule has 0 saturated carbocycles. The Morgan fingerprint density at radius 2 is 1.68 bits per heavy atom. The zero-order valence-corrected chi connectivity index (χ0v) is 14.2. The Hall–Kier alpha value is -2.51. The highest BCUT2D eigenvalue weighted by atomic mass is 19.1. The Balaban J connectivity index is 2.09. The molecule has 1 aliphatic heterocycles. The lowest BCUT2D eigenvalue weighted by molar-refractivity contribution is -0.134. The summed E-state index contributed by atoms with van der Waals surface area (Å²) in [6, 6.07) is 1.94. The fourth-order valence-corrected chi connectivity index (χ4v) is 3.11. The van der Waals surface area contributed by atoms with Gasteiger partial charge in [-0.2, -0.15) is 0 Å². The van der Waals surface area contributed by atoms with Crippen LogP contribution in [0.25, 0.3) is 0 Å². The Labute approximate surface area is 144 Å². The molecule has 0 atom stereocenters. The van der Waals surface area contributed by atoms with Crippen molar-refractivity contribution in [2.45, 2.75) is 45.1 Å². The van der Waals surface area contributed by atoms with Gasteiger partial charge in [-0.3, -0.25) is 14.5 Å². The van der Waals surface area contributed by atoms with Crippen LogP contribution in [0.1, 0.15) is 39.5 Å². The molecule has 2 rings (SSSR count). The second kappa shape index (κ2) is 7.58. The van der Waals surface area contributed by atoms with E-state index in [9.17, 15) is 23.2 Å². The quantitative estimate of drug-likeness (QED) is 0.740. The van der Waals surface area contributed by atoms with Crippen LogP contribution in [0.5, 0.6) is 0 Å². The molecule has 136 valence electrons. The molecule has 4 amide bonds. The summed E-state index contributed by atoms with van der Waals surface area (Å²) in [5, 5.41) is 4.98. The molecule has 1 aromatic carbocycles. The SMILES string of the molecule is CCCC1(CCC)NC(=O)N(CC(=O)Nc2cc(F)cc(F)c2)C1=O. The monoisotopic (exact) mass is 353 g/mol. The minimum absolute atomic E-state index is 0.0806. The average molecular weight is 353 g/mol. The van der Waals surface area contributed by atoms with Crippen molar-refractivity contribution in [1.29, 1.82) is 0 Å². The smallest absolute Gasteiger partial charge is 0.324 e. The molecule has 1 aromatic rings. The second-order valence-electron chi connectivity index (χ2n) is 6.11. The van der Waals surface area contributed by atoms with E-state index in [0.29, 0.717) is 31.7 Å². The first-order valence-electron chi connectivity index (χ1n) is 8.21. The number of hydrogen-bond acceptors (Lipinski definition) is 3. The fourth-order valence-electron chi connectivity index (χ4n) is 3.11. The third-order valence-electron chi connectivity index (χ3n) is 4.05. The van der Waals surface area contributed by atoms with Crippen molar-refractivity contribution in [3.8, 4) is 0 Å². The van der Waals surface area contributed by atoms with Crippen LogP contribution in [0.3, 0.4) is 0 Å². The number of nitrogens with one attached hydrogen (secondary N) is 2. The van der Waals surface area contributed by atoms with Gasteiger partial charge in [0.2, 0.25) is 5.91 Å². The largest absolute Gasteiger partial charge is 0.325 e. The van der Waals surface area contributed by atoms with Crippen molar-refractivity contribution in [1.82, 2.24) is 10.2 Å². The molecule has 0 radical (unpaired) electrons. The predicted octanol–water partition coefficient (Wildman–Crippen LogP) is 2.79. The maximum atomic E-state index is 13.2. The molecule has 0 aliphatic carbocycles. The van der Waals surface area contributed by atoms with E-state index in [-0.39, 0.29) is 5.69 Å². The highest BCUT2D eigenvalue weighted by Gasteiger charge is 2.50. The molecule has 0 bridgehead atoms. The summed E-state index contributed by atoms with van der Waals surface area (Å²) < 4.78 is 26.3. The molecule has 8 heteroatoms. The van der Waals surface area contributed by atoms with Crippen LogP contribution in [-0.4, -0.2) is 34.8 Å². The summed E-state index contributed by atoms with van der Waals surface area (Å²) in [7, 11) is 0.